The van der Waals surface area contributed by atoms with Crippen LogP contribution < -0.4 is 5.32 Å². The second-order valence-electron chi connectivity index (χ2n) is 7.14. The van der Waals surface area contributed by atoms with E-state index in [1.807, 2.05) is 18.2 Å². The zero-order chi connectivity index (χ0) is 20.1. The van der Waals surface area contributed by atoms with Crippen LogP contribution in [-0.4, -0.2) is 59.8 Å². The van der Waals surface area contributed by atoms with E-state index in [-0.39, 0.29) is 5.91 Å². The number of halogens is 1. The van der Waals surface area contributed by atoms with Gasteiger partial charge in [-0.15, -0.1) is 0 Å². The normalized spacial score (nSPS) is 14.9. The summed E-state index contributed by atoms with van der Waals surface area (Å²) >= 11 is 0. The smallest absolute Gasteiger partial charge is 0.251 e. The highest BCUT2D eigenvalue weighted by Crippen LogP contribution is 2.17. The van der Waals surface area contributed by atoms with Crippen LogP contribution in [0.1, 0.15) is 16.2 Å². The Balaban J connectivity index is 1.42. The van der Waals surface area contributed by atoms with E-state index in [2.05, 4.69) is 20.9 Å². The lowest BCUT2D eigenvalue weighted by atomic mass is 10.2. The van der Waals surface area contributed by atoms with Crippen LogP contribution in [0.2, 0.25) is 0 Å². The van der Waals surface area contributed by atoms with Crippen molar-refractivity contribution in [2.75, 3.05) is 39.4 Å². The van der Waals surface area contributed by atoms with E-state index in [4.69, 9.17) is 9.72 Å². The topological polar surface area (TPSA) is 59.4 Å². The Hall–Kier alpha value is -2.77. The summed E-state index contributed by atoms with van der Waals surface area (Å²) in [6.45, 7) is 5.68. The molecule has 0 aliphatic carbocycles. The van der Waals surface area contributed by atoms with Crippen LogP contribution in [0.4, 0.5) is 4.39 Å². The predicted octanol–water partition coefficient (Wildman–Crippen LogP) is 2.48. The highest BCUT2D eigenvalue weighted by Gasteiger charge is 2.14. The first-order valence-electron chi connectivity index (χ1n) is 9.99. The summed E-state index contributed by atoms with van der Waals surface area (Å²) in [7, 11) is 0. The lowest BCUT2D eigenvalue weighted by Gasteiger charge is -2.27. The molecule has 0 saturated carbocycles. The number of nitrogens with zero attached hydrogens (tertiary/aromatic N) is 3. The minimum atomic E-state index is -0.414. The SMILES string of the molecule is O=C(NCCc1nc2ccccc2n1CCN1CCOCC1)c1cccc(F)c1. The zero-order valence-corrected chi connectivity index (χ0v) is 16.3. The molecule has 7 heteroatoms. The third-order valence-corrected chi connectivity index (χ3v) is 5.20. The first kappa shape index (κ1) is 19.5. The number of imidazole rings is 1. The summed E-state index contributed by atoms with van der Waals surface area (Å²) in [5.41, 5.74) is 2.39. The van der Waals surface area contributed by atoms with Crippen molar-refractivity contribution in [3.8, 4) is 0 Å². The molecule has 0 radical (unpaired) electrons. The molecule has 2 heterocycles. The first-order chi connectivity index (χ1) is 14.2. The third-order valence-electron chi connectivity index (χ3n) is 5.20. The number of morpholine rings is 1. The number of aromatic nitrogens is 2. The molecular weight excluding hydrogens is 371 g/mol. The van der Waals surface area contributed by atoms with Crippen LogP contribution in [0.5, 0.6) is 0 Å². The number of hydrogen-bond acceptors (Lipinski definition) is 4. The number of benzene rings is 2. The fourth-order valence-electron chi connectivity index (χ4n) is 3.65. The Kier molecular flexibility index (Phi) is 6.17. The monoisotopic (exact) mass is 396 g/mol. The Bertz CT molecular complexity index is 982. The molecule has 0 spiro atoms. The second kappa shape index (κ2) is 9.15. The number of hydrogen-bond donors (Lipinski definition) is 1. The number of carbonyl (C=O) groups excluding carboxylic acids is 1. The Morgan fingerprint density at radius 2 is 1.93 bits per heavy atom. The summed E-state index contributed by atoms with van der Waals surface area (Å²) in [6, 6.07) is 13.8. The molecule has 152 valence electrons. The molecule has 1 fully saturated rings. The molecule has 1 saturated heterocycles. The predicted molar refractivity (Wildman–Crippen MR) is 109 cm³/mol. The molecule has 0 atom stereocenters. The molecule has 0 unspecified atom stereocenters. The van der Waals surface area contributed by atoms with Gasteiger partial charge in [0.2, 0.25) is 0 Å². The van der Waals surface area contributed by atoms with Gasteiger partial charge in [-0.05, 0) is 30.3 Å². The summed E-state index contributed by atoms with van der Waals surface area (Å²) in [5.74, 6) is 0.252. The molecule has 29 heavy (non-hydrogen) atoms. The molecule has 2 aromatic carbocycles. The van der Waals surface area contributed by atoms with Crippen molar-refractivity contribution < 1.29 is 13.9 Å². The van der Waals surface area contributed by atoms with Gasteiger partial charge in [0.05, 0.1) is 24.2 Å². The van der Waals surface area contributed by atoms with E-state index in [0.29, 0.717) is 18.5 Å². The van der Waals surface area contributed by atoms with Crippen LogP contribution in [0, 0.1) is 5.82 Å². The number of rotatable bonds is 7. The minimum Gasteiger partial charge on any atom is -0.379 e. The molecule has 1 amide bonds. The zero-order valence-electron chi connectivity index (χ0n) is 16.3. The van der Waals surface area contributed by atoms with Crippen molar-refractivity contribution in [3.05, 3.63) is 65.7 Å². The van der Waals surface area contributed by atoms with Gasteiger partial charge in [-0.3, -0.25) is 9.69 Å². The molecule has 1 aliphatic rings. The molecule has 1 aromatic heterocycles. The van der Waals surface area contributed by atoms with Crippen molar-refractivity contribution in [2.24, 2.45) is 0 Å². The molecule has 1 N–H and O–H groups in total. The van der Waals surface area contributed by atoms with Gasteiger partial charge in [-0.2, -0.15) is 0 Å². The fraction of sp³-hybridized carbons (Fsp3) is 0.364. The first-order valence-corrected chi connectivity index (χ1v) is 9.99. The van der Waals surface area contributed by atoms with Gasteiger partial charge in [0.1, 0.15) is 11.6 Å². The van der Waals surface area contributed by atoms with Crippen LogP contribution in [0.15, 0.2) is 48.5 Å². The Labute approximate surface area is 169 Å². The van der Waals surface area contributed by atoms with Crippen LogP contribution in [0.25, 0.3) is 11.0 Å². The van der Waals surface area contributed by atoms with Crippen molar-refractivity contribution in [1.82, 2.24) is 19.8 Å². The van der Waals surface area contributed by atoms with Crippen LogP contribution in [-0.2, 0) is 17.7 Å². The molecule has 0 bridgehead atoms. The van der Waals surface area contributed by atoms with Gasteiger partial charge in [-0.25, -0.2) is 9.37 Å². The maximum Gasteiger partial charge on any atom is 0.251 e. The largest absolute Gasteiger partial charge is 0.379 e. The number of fused-ring (bicyclic) bond motifs is 1. The van der Waals surface area contributed by atoms with Gasteiger partial charge in [0.15, 0.2) is 0 Å². The van der Waals surface area contributed by atoms with Gasteiger partial charge in [0, 0.05) is 44.7 Å². The third kappa shape index (κ3) is 4.81. The molecule has 1 aliphatic heterocycles. The number of ether oxygens (including phenoxy) is 1. The summed E-state index contributed by atoms with van der Waals surface area (Å²) in [6.07, 6.45) is 0.610. The summed E-state index contributed by atoms with van der Waals surface area (Å²) in [5, 5.41) is 2.87. The molecule has 6 nitrogen and oxygen atoms in total. The number of nitrogens with one attached hydrogen (secondary N) is 1. The molecule has 4 rings (SSSR count). The van der Waals surface area contributed by atoms with E-state index in [0.717, 1.165) is 56.3 Å². The number of para-hydroxylation sites is 2. The summed E-state index contributed by atoms with van der Waals surface area (Å²) < 4.78 is 21.0. The average Bonchev–Trinajstić information content (AvgIpc) is 3.10. The van der Waals surface area contributed by atoms with Crippen molar-refractivity contribution in [1.29, 1.82) is 0 Å². The average molecular weight is 396 g/mol. The quantitative estimate of drug-likeness (QED) is 0.667. The van der Waals surface area contributed by atoms with Gasteiger partial charge in [0.25, 0.3) is 5.91 Å². The van der Waals surface area contributed by atoms with Gasteiger partial charge in [-0.1, -0.05) is 18.2 Å². The van der Waals surface area contributed by atoms with E-state index < -0.39 is 5.82 Å². The van der Waals surface area contributed by atoms with E-state index >= 15 is 0 Å². The Morgan fingerprint density at radius 3 is 2.76 bits per heavy atom. The standard InChI is InChI=1S/C22H25FN4O2/c23-18-5-3-4-17(16-18)22(28)24-9-8-21-25-19-6-1-2-7-20(19)27(21)11-10-26-12-14-29-15-13-26/h1-7,16H,8-15H2,(H,24,28). The van der Waals surface area contributed by atoms with Crippen LogP contribution >= 0.6 is 0 Å². The van der Waals surface area contributed by atoms with Crippen molar-refractivity contribution >= 4 is 16.9 Å². The highest BCUT2D eigenvalue weighted by atomic mass is 19.1. The van der Waals surface area contributed by atoms with Crippen molar-refractivity contribution in [2.45, 2.75) is 13.0 Å². The van der Waals surface area contributed by atoms with Crippen LogP contribution in [0.3, 0.4) is 0 Å². The minimum absolute atomic E-state index is 0.277. The lowest BCUT2D eigenvalue weighted by molar-refractivity contribution is 0.0364. The van der Waals surface area contributed by atoms with Crippen molar-refractivity contribution in [3.63, 3.8) is 0 Å². The summed E-state index contributed by atoms with van der Waals surface area (Å²) in [4.78, 5) is 19.4. The second-order valence-corrected chi connectivity index (χ2v) is 7.14. The van der Waals surface area contributed by atoms with Gasteiger partial charge < -0.3 is 14.6 Å². The number of amides is 1. The maximum atomic E-state index is 13.3. The highest BCUT2D eigenvalue weighted by molar-refractivity contribution is 5.94. The molecule has 3 aromatic rings. The van der Waals surface area contributed by atoms with E-state index in [9.17, 15) is 9.18 Å². The van der Waals surface area contributed by atoms with Gasteiger partial charge >= 0.3 is 0 Å². The lowest BCUT2D eigenvalue weighted by Crippen LogP contribution is -2.38. The van der Waals surface area contributed by atoms with E-state index in [1.165, 1.54) is 18.2 Å². The number of carbonyl (C=O) groups is 1. The molecular formula is C22H25FN4O2. The van der Waals surface area contributed by atoms with E-state index in [1.54, 1.807) is 6.07 Å². The maximum absolute atomic E-state index is 13.3. The fourth-order valence-corrected chi connectivity index (χ4v) is 3.65. The Morgan fingerprint density at radius 1 is 1.10 bits per heavy atom.